The summed E-state index contributed by atoms with van der Waals surface area (Å²) in [7, 11) is -3.77. The van der Waals surface area contributed by atoms with Crippen molar-refractivity contribution >= 4 is 38.8 Å². The second-order valence-electron chi connectivity index (χ2n) is 5.89. The highest BCUT2D eigenvalue weighted by Gasteiger charge is 2.17. The number of anilines is 3. The molecule has 0 atom stereocenters. The second kappa shape index (κ2) is 7.35. The Hall–Kier alpha value is -2.57. The van der Waals surface area contributed by atoms with E-state index in [0.717, 1.165) is 5.69 Å². The van der Waals surface area contributed by atoms with Gasteiger partial charge in [-0.15, -0.1) is 0 Å². The van der Waals surface area contributed by atoms with Gasteiger partial charge < -0.3 is 5.32 Å². The number of nitrogens with zero attached hydrogens (tertiary/aromatic N) is 1. The third kappa shape index (κ3) is 4.15. The van der Waals surface area contributed by atoms with E-state index >= 15 is 0 Å². The number of nitrogens with one attached hydrogen (secondary N) is 2. The summed E-state index contributed by atoms with van der Waals surface area (Å²) >= 11 is 5.97. The van der Waals surface area contributed by atoms with Crippen molar-refractivity contribution in [2.24, 2.45) is 0 Å². The molecule has 7 heteroatoms. The van der Waals surface area contributed by atoms with E-state index in [1.165, 1.54) is 29.5 Å². The standard InChI is InChI=1S/C19H18ClN3O2S/c1-13-7-8-15(11-14(13)2)22-19-10-9-16(12-21-19)23-26(24,25)18-6-4-3-5-17(18)20/h3-12,23H,1-2H3,(H,21,22). The van der Waals surface area contributed by atoms with Crippen molar-refractivity contribution in [1.82, 2.24) is 4.98 Å². The summed E-state index contributed by atoms with van der Waals surface area (Å²) in [6.45, 7) is 4.10. The minimum Gasteiger partial charge on any atom is -0.340 e. The van der Waals surface area contributed by atoms with Crippen LogP contribution in [0.15, 0.2) is 65.7 Å². The number of benzene rings is 2. The Balaban J connectivity index is 1.75. The van der Waals surface area contributed by atoms with E-state index in [0.29, 0.717) is 11.5 Å². The summed E-state index contributed by atoms with van der Waals surface area (Å²) in [4.78, 5) is 4.28. The molecular formula is C19H18ClN3O2S. The molecule has 26 heavy (non-hydrogen) atoms. The van der Waals surface area contributed by atoms with Crippen LogP contribution in [0, 0.1) is 13.8 Å². The van der Waals surface area contributed by atoms with Gasteiger partial charge in [-0.3, -0.25) is 4.72 Å². The zero-order valence-electron chi connectivity index (χ0n) is 14.3. The molecule has 3 aromatic rings. The molecule has 0 aliphatic heterocycles. The summed E-state index contributed by atoms with van der Waals surface area (Å²) < 4.78 is 27.3. The first-order chi connectivity index (χ1) is 12.3. The lowest BCUT2D eigenvalue weighted by atomic mass is 10.1. The Bertz CT molecular complexity index is 1030. The zero-order valence-corrected chi connectivity index (χ0v) is 15.9. The van der Waals surface area contributed by atoms with Crippen molar-refractivity contribution in [2.45, 2.75) is 18.7 Å². The largest absolute Gasteiger partial charge is 0.340 e. The van der Waals surface area contributed by atoms with Crippen molar-refractivity contribution in [3.05, 3.63) is 76.9 Å². The Kier molecular flexibility index (Phi) is 5.15. The minimum atomic E-state index is -3.77. The van der Waals surface area contributed by atoms with E-state index in [1.54, 1.807) is 24.3 Å². The summed E-state index contributed by atoms with van der Waals surface area (Å²) in [5.74, 6) is 0.619. The maximum Gasteiger partial charge on any atom is 0.263 e. The van der Waals surface area contributed by atoms with Crippen molar-refractivity contribution in [2.75, 3.05) is 10.0 Å². The predicted octanol–water partition coefficient (Wildman–Crippen LogP) is 4.90. The van der Waals surface area contributed by atoms with Crippen molar-refractivity contribution in [1.29, 1.82) is 0 Å². The highest BCUT2D eigenvalue weighted by molar-refractivity contribution is 7.92. The van der Waals surface area contributed by atoms with Gasteiger partial charge in [0.1, 0.15) is 10.7 Å². The fraction of sp³-hybridized carbons (Fsp3) is 0.105. The smallest absolute Gasteiger partial charge is 0.263 e. The molecule has 3 rings (SSSR count). The number of pyridine rings is 1. The summed E-state index contributed by atoms with van der Waals surface area (Å²) in [5, 5.41) is 3.36. The molecule has 0 aliphatic carbocycles. The molecule has 0 bridgehead atoms. The number of rotatable bonds is 5. The van der Waals surface area contributed by atoms with E-state index in [9.17, 15) is 8.42 Å². The molecule has 0 unspecified atom stereocenters. The van der Waals surface area contributed by atoms with Crippen molar-refractivity contribution in [3.8, 4) is 0 Å². The van der Waals surface area contributed by atoms with Gasteiger partial charge in [-0.05, 0) is 61.4 Å². The van der Waals surface area contributed by atoms with Gasteiger partial charge in [0.25, 0.3) is 10.0 Å². The van der Waals surface area contributed by atoms with Crippen molar-refractivity contribution < 1.29 is 8.42 Å². The maximum atomic E-state index is 12.4. The molecule has 2 N–H and O–H groups in total. The number of halogens is 1. The third-order valence-electron chi connectivity index (χ3n) is 3.92. The van der Waals surface area contributed by atoms with Gasteiger partial charge in [0, 0.05) is 5.69 Å². The van der Waals surface area contributed by atoms with Crippen LogP contribution in [0.2, 0.25) is 5.02 Å². The van der Waals surface area contributed by atoms with E-state index < -0.39 is 10.0 Å². The number of aryl methyl sites for hydroxylation is 2. The Labute approximate surface area is 158 Å². The molecule has 0 radical (unpaired) electrons. The lowest BCUT2D eigenvalue weighted by molar-refractivity contribution is 0.601. The zero-order chi connectivity index (χ0) is 18.7. The molecule has 0 amide bonds. The van der Waals surface area contributed by atoms with Gasteiger partial charge in [0.05, 0.1) is 16.9 Å². The molecule has 1 heterocycles. The van der Waals surface area contributed by atoms with Crippen LogP contribution in [0.3, 0.4) is 0 Å². The average Bonchev–Trinajstić information content (AvgIpc) is 2.60. The van der Waals surface area contributed by atoms with Gasteiger partial charge in [-0.2, -0.15) is 0 Å². The first-order valence-corrected chi connectivity index (χ1v) is 9.79. The molecule has 0 saturated heterocycles. The van der Waals surface area contributed by atoms with E-state index in [1.807, 2.05) is 25.1 Å². The first kappa shape index (κ1) is 18.2. The summed E-state index contributed by atoms with van der Waals surface area (Å²) in [6, 6.07) is 15.7. The molecule has 0 aliphatic rings. The van der Waals surface area contributed by atoms with Crippen LogP contribution in [0.5, 0.6) is 0 Å². The highest BCUT2D eigenvalue weighted by atomic mass is 35.5. The lowest BCUT2D eigenvalue weighted by Gasteiger charge is -2.11. The fourth-order valence-corrected chi connectivity index (χ4v) is 3.93. The molecule has 134 valence electrons. The molecule has 1 aromatic heterocycles. The molecule has 5 nitrogen and oxygen atoms in total. The number of hydrogen-bond donors (Lipinski definition) is 2. The van der Waals surface area contributed by atoms with Gasteiger partial charge in [0.2, 0.25) is 0 Å². The van der Waals surface area contributed by atoms with Crippen LogP contribution in [-0.2, 0) is 10.0 Å². The quantitative estimate of drug-likeness (QED) is 0.653. The minimum absolute atomic E-state index is 0.0269. The van der Waals surface area contributed by atoms with Crippen molar-refractivity contribution in [3.63, 3.8) is 0 Å². The summed E-state index contributed by atoms with van der Waals surface area (Å²) in [5.41, 5.74) is 3.67. The molecular weight excluding hydrogens is 370 g/mol. The highest BCUT2D eigenvalue weighted by Crippen LogP contribution is 2.24. The molecule has 2 aromatic carbocycles. The van der Waals surface area contributed by atoms with Gasteiger partial charge >= 0.3 is 0 Å². The van der Waals surface area contributed by atoms with Crippen LogP contribution in [0.1, 0.15) is 11.1 Å². The van der Waals surface area contributed by atoms with Gasteiger partial charge in [0.15, 0.2) is 0 Å². The normalized spacial score (nSPS) is 11.2. The van der Waals surface area contributed by atoms with Crippen LogP contribution >= 0.6 is 11.6 Å². The van der Waals surface area contributed by atoms with Crippen LogP contribution in [0.25, 0.3) is 0 Å². The third-order valence-corrected chi connectivity index (χ3v) is 5.80. The molecule has 0 spiro atoms. The average molecular weight is 388 g/mol. The van der Waals surface area contributed by atoms with Crippen LogP contribution in [-0.4, -0.2) is 13.4 Å². The van der Waals surface area contributed by atoms with Gasteiger partial charge in [-0.1, -0.05) is 29.8 Å². The van der Waals surface area contributed by atoms with E-state index in [4.69, 9.17) is 11.6 Å². The molecule has 0 saturated carbocycles. The van der Waals surface area contributed by atoms with Gasteiger partial charge in [-0.25, -0.2) is 13.4 Å². The van der Waals surface area contributed by atoms with E-state index in [2.05, 4.69) is 21.9 Å². The Morgan fingerprint density at radius 1 is 0.923 bits per heavy atom. The number of hydrogen-bond acceptors (Lipinski definition) is 4. The predicted molar refractivity (Wildman–Crippen MR) is 106 cm³/mol. The van der Waals surface area contributed by atoms with Crippen LogP contribution in [0.4, 0.5) is 17.2 Å². The second-order valence-corrected chi connectivity index (χ2v) is 7.95. The lowest BCUT2D eigenvalue weighted by Crippen LogP contribution is -2.13. The Morgan fingerprint density at radius 3 is 2.31 bits per heavy atom. The topological polar surface area (TPSA) is 71.1 Å². The monoisotopic (exact) mass is 387 g/mol. The maximum absolute atomic E-state index is 12.4. The van der Waals surface area contributed by atoms with E-state index in [-0.39, 0.29) is 9.92 Å². The van der Waals surface area contributed by atoms with Crippen LogP contribution < -0.4 is 10.0 Å². The first-order valence-electron chi connectivity index (χ1n) is 7.93. The number of sulfonamides is 1. The molecule has 0 fully saturated rings. The fourth-order valence-electron chi connectivity index (χ4n) is 2.37. The SMILES string of the molecule is Cc1ccc(Nc2ccc(NS(=O)(=O)c3ccccc3Cl)cn2)cc1C. The Morgan fingerprint density at radius 2 is 1.65 bits per heavy atom. The summed E-state index contributed by atoms with van der Waals surface area (Å²) in [6.07, 6.45) is 1.46. The number of aromatic nitrogens is 1.